The van der Waals surface area contributed by atoms with Gasteiger partial charge < -0.3 is 10.4 Å². The van der Waals surface area contributed by atoms with Gasteiger partial charge in [-0.25, -0.2) is 4.79 Å². The van der Waals surface area contributed by atoms with Crippen molar-refractivity contribution in [2.75, 3.05) is 0 Å². The van der Waals surface area contributed by atoms with Gasteiger partial charge in [-0.2, -0.15) is 0 Å². The zero-order chi connectivity index (χ0) is 14.6. The number of nitrogens with one attached hydrogen (secondary N) is 1. The molecule has 0 bridgehead atoms. The van der Waals surface area contributed by atoms with Gasteiger partial charge in [-0.15, -0.1) is 5.10 Å². The van der Waals surface area contributed by atoms with E-state index in [4.69, 9.17) is 5.11 Å². The normalized spacial score (nSPS) is 13.1. The summed E-state index contributed by atoms with van der Waals surface area (Å²) in [5.41, 5.74) is 0.291. The van der Waals surface area contributed by atoms with Crippen LogP contribution in [0.5, 0.6) is 0 Å². The maximum Gasteiger partial charge on any atom is 0.326 e. The molecule has 1 atom stereocenters. The fourth-order valence-corrected chi connectivity index (χ4v) is 2.38. The summed E-state index contributed by atoms with van der Waals surface area (Å²) in [6, 6.07) is -0.868. The number of rotatable bonds is 5. The molecule has 1 aromatic rings. The molecule has 0 spiro atoms. The highest BCUT2D eigenvalue weighted by Crippen LogP contribution is 2.25. The second-order valence-electron chi connectivity index (χ2n) is 5.35. The van der Waals surface area contributed by atoms with Gasteiger partial charge in [0.1, 0.15) is 10.9 Å². The number of nitrogens with zero attached hydrogens (tertiary/aromatic N) is 2. The van der Waals surface area contributed by atoms with Crippen molar-refractivity contribution in [1.29, 1.82) is 0 Å². The van der Waals surface area contributed by atoms with Crippen LogP contribution in [0.2, 0.25) is 0 Å². The average Bonchev–Trinajstić information content (AvgIpc) is 2.76. The van der Waals surface area contributed by atoms with Crippen LogP contribution in [-0.2, 0) is 10.2 Å². The van der Waals surface area contributed by atoms with E-state index < -0.39 is 17.9 Å². The Bertz CT molecular complexity index is 465. The van der Waals surface area contributed by atoms with Gasteiger partial charge in [0, 0.05) is 5.41 Å². The van der Waals surface area contributed by atoms with Gasteiger partial charge in [0.05, 0.1) is 5.69 Å². The Morgan fingerprint density at radius 1 is 1.42 bits per heavy atom. The Morgan fingerprint density at radius 3 is 2.53 bits per heavy atom. The van der Waals surface area contributed by atoms with Crippen LogP contribution in [0.25, 0.3) is 0 Å². The minimum Gasteiger partial charge on any atom is -0.480 e. The number of carbonyl (C=O) groups is 2. The number of amides is 1. The SMILES string of the molecule is CCC[C@@H](NC(=O)c1snnc1C(C)(C)C)C(=O)O. The predicted octanol–water partition coefficient (Wildman–Crippen LogP) is 1.82. The van der Waals surface area contributed by atoms with Crippen LogP contribution in [0.3, 0.4) is 0 Å². The fraction of sp³-hybridized carbons (Fsp3) is 0.667. The van der Waals surface area contributed by atoms with E-state index >= 15 is 0 Å². The van der Waals surface area contributed by atoms with Crippen molar-refractivity contribution >= 4 is 23.4 Å². The molecule has 1 amide bonds. The number of carboxylic acids is 1. The minimum atomic E-state index is -1.02. The van der Waals surface area contributed by atoms with E-state index in [-0.39, 0.29) is 5.41 Å². The molecule has 0 saturated carbocycles. The largest absolute Gasteiger partial charge is 0.480 e. The van der Waals surface area contributed by atoms with Gasteiger partial charge >= 0.3 is 5.97 Å². The summed E-state index contributed by atoms with van der Waals surface area (Å²) in [6.45, 7) is 7.67. The van der Waals surface area contributed by atoms with Crippen molar-refractivity contribution in [1.82, 2.24) is 14.9 Å². The van der Waals surface area contributed by atoms with Crippen LogP contribution in [0.15, 0.2) is 0 Å². The molecule has 1 heterocycles. The summed E-state index contributed by atoms with van der Waals surface area (Å²) in [5, 5.41) is 15.5. The summed E-state index contributed by atoms with van der Waals surface area (Å²) in [6.07, 6.45) is 1.09. The molecule has 6 nitrogen and oxygen atoms in total. The summed E-state index contributed by atoms with van der Waals surface area (Å²) in [7, 11) is 0. The lowest BCUT2D eigenvalue weighted by Gasteiger charge is -2.17. The highest BCUT2D eigenvalue weighted by atomic mass is 32.1. The van der Waals surface area contributed by atoms with Crippen molar-refractivity contribution in [3.63, 3.8) is 0 Å². The lowest BCUT2D eigenvalue weighted by atomic mass is 9.91. The highest BCUT2D eigenvalue weighted by Gasteiger charge is 2.28. The molecule has 1 aromatic heterocycles. The molecular weight excluding hydrogens is 266 g/mol. The molecule has 19 heavy (non-hydrogen) atoms. The fourth-order valence-electron chi connectivity index (χ4n) is 1.60. The molecule has 7 heteroatoms. The zero-order valence-electron chi connectivity index (χ0n) is 11.6. The van der Waals surface area contributed by atoms with Crippen LogP contribution in [0, 0.1) is 0 Å². The molecule has 0 aliphatic heterocycles. The van der Waals surface area contributed by atoms with Crippen molar-refractivity contribution < 1.29 is 14.7 Å². The predicted molar refractivity (Wildman–Crippen MR) is 72.4 cm³/mol. The Morgan fingerprint density at radius 2 is 2.05 bits per heavy atom. The Labute approximate surface area is 116 Å². The summed E-state index contributed by atoms with van der Waals surface area (Å²) in [4.78, 5) is 23.5. The highest BCUT2D eigenvalue weighted by molar-refractivity contribution is 7.08. The summed E-state index contributed by atoms with van der Waals surface area (Å²) in [5.74, 6) is -1.44. The molecule has 0 aliphatic rings. The van der Waals surface area contributed by atoms with E-state index in [1.165, 1.54) is 0 Å². The standard InChI is InChI=1S/C12H19N3O3S/c1-5-6-7(11(17)18)13-10(16)8-9(12(2,3)4)14-15-19-8/h7H,5-6H2,1-4H3,(H,13,16)(H,17,18)/t7-/m1/s1. The molecule has 0 fully saturated rings. The molecule has 0 saturated heterocycles. The number of carboxylic acid groups (broad SMARTS) is 1. The van der Waals surface area contributed by atoms with Gasteiger partial charge in [-0.05, 0) is 18.0 Å². The van der Waals surface area contributed by atoms with Crippen LogP contribution >= 0.6 is 11.5 Å². The van der Waals surface area contributed by atoms with Gasteiger partial charge in [0.15, 0.2) is 0 Å². The van der Waals surface area contributed by atoms with Gasteiger partial charge in [-0.3, -0.25) is 4.79 Å². The van der Waals surface area contributed by atoms with E-state index in [0.29, 0.717) is 23.4 Å². The minimum absolute atomic E-state index is 0.302. The lowest BCUT2D eigenvalue weighted by Crippen LogP contribution is -2.41. The van der Waals surface area contributed by atoms with Crippen LogP contribution in [-0.4, -0.2) is 32.6 Å². The summed E-state index contributed by atoms with van der Waals surface area (Å²) < 4.78 is 3.79. The topological polar surface area (TPSA) is 92.2 Å². The molecule has 0 aromatic carbocycles. The first-order valence-corrected chi connectivity index (χ1v) is 6.91. The third kappa shape index (κ3) is 3.99. The van der Waals surface area contributed by atoms with E-state index in [9.17, 15) is 9.59 Å². The third-order valence-corrected chi connectivity index (χ3v) is 3.31. The third-order valence-electron chi connectivity index (χ3n) is 2.59. The van der Waals surface area contributed by atoms with Crippen LogP contribution < -0.4 is 5.32 Å². The number of aromatic nitrogens is 2. The van der Waals surface area contributed by atoms with Gasteiger partial charge in [0.2, 0.25) is 0 Å². The maximum absolute atomic E-state index is 12.1. The number of hydrogen-bond donors (Lipinski definition) is 2. The molecular formula is C12H19N3O3S. The van der Waals surface area contributed by atoms with E-state index in [2.05, 4.69) is 14.9 Å². The number of carbonyl (C=O) groups excluding carboxylic acids is 1. The number of hydrogen-bond acceptors (Lipinski definition) is 5. The monoisotopic (exact) mass is 285 g/mol. The van der Waals surface area contributed by atoms with Crippen molar-refractivity contribution in [2.45, 2.75) is 52.0 Å². The Hall–Kier alpha value is -1.50. The molecule has 0 radical (unpaired) electrons. The van der Waals surface area contributed by atoms with E-state index in [1.54, 1.807) is 0 Å². The first kappa shape index (κ1) is 15.6. The van der Waals surface area contributed by atoms with Crippen molar-refractivity contribution in [3.8, 4) is 0 Å². The van der Waals surface area contributed by atoms with E-state index in [0.717, 1.165) is 11.5 Å². The molecule has 0 unspecified atom stereocenters. The molecule has 0 aliphatic carbocycles. The first-order chi connectivity index (χ1) is 8.77. The lowest BCUT2D eigenvalue weighted by molar-refractivity contribution is -0.139. The van der Waals surface area contributed by atoms with Gasteiger partial charge in [-0.1, -0.05) is 38.6 Å². The molecule has 106 valence electrons. The smallest absolute Gasteiger partial charge is 0.326 e. The zero-order valence-corrected chi connectivity index (χ0v) is 12.4. The first-order valence-electron chi connectivity index (χ1n) is 6.13. The second kappa shape index (κ2) is 6.10. The Kier molecular flexibility index (Phi) is 4.99. The second-order valence-corrected chi connectivity index (χ2v) is 6.11. The molecule has 2 N–H and O–H groups in total. The van der Waals surface area contributed by atoms with Gasteiger partial charge in [0.25, 0.3) is 5.91 Å². The van der Waals surface area contributed by atoms with E-state index in [1.807, 2.05) is 27.7 Å². The van der Waals surface area contributed by atoms with Crippen LogP contribution in [0.1, 0.15) is 55.9 Å². The quantitative estimate of drug-likeness (QED) is 0.861. The number of aliphatic carboxylic acids is 1. The van der Waals surface area contributed by atoms with Crippen molar-refractivity contribution in [2.24, 2.45) is 0 Å². The molecule has 1 rings (SSSR count). The Balaban J connectivity index is 2.89. The maximum atomic E-state index is 12.1. The van der Waals surface area contributed by atoms with Crippen LogP contribution in [0.4, 0.5) is 0 Å². The average molecular weight is 285 g/mol. The van der Waals surface area contributed by atoms with Crippen molar-refractivity contribution in [3.05, 3.63) is 10.6 Å². The summed E-state index contributed by atoms with van der Waals surface area (Å²) >= 11 is 0.990.